The second-order valence-corrected chi connectivity index (χ2v) is 7.96. The Labute approximate surface area is 188 Å². The smallest absolute Gasteiger partial charge is 0.115 e. The Morgan fingerprint density at radius 3 is 0.906 bits per heavy atom. The molecule has 0 aliphatic carbocycles. The molecule has 0 amide bonds. The molecule has 2 heteroatoms. The lowest BCUT2D eigenvalue weighted by Crippen LogP contribution is -1.82. The molecule has 6 aromatic carbocycles. The minimum Gasteiger partial charge on any atom is -0.508 e. The molecular weight excluding hydrogens is 392 g/mol. The highest BCUT2D eigenvalue weighted by atomic mass is 16.3. The number of aromatic hydroxyl groups is 2. The molecule has 0 unspecified atom stereocenters. The zero-order chi connectivity index (χ0) is 22.5. The molecule has 0 saturated heterocycles. The normalized spacial score (nSPS) is 10.4. The molecule has 0 bridgehead atoms. The maximum atomic E-state index is 8.76. The molecule has 158 valence electrons. The summed E-state index contributed by atoms with van der Waals surface area (Å²) in [6.45, 7) is 3.97. The molecule has 6 rings (SSSR count). The number of aryl methyl sites for hydroxylation is 2. The molecule has 32 heavy (non-hydrogen) atoms. The highest BCUT2D eigenvalue weighted by Crippen LogP contribution is 2.33. The van der Waals surface area contributed by atoms with Crippen LogP contribution in [0.4, 0.5) is 0 Å². The van der Waals surface area contributed by atoms with E-state index in [0.717, 1.165) is 0 Å². The van der Waals surface area contributed by atoms with Gasteiger partial charge in [-0.15, -0.1) is 0 Å². The van der Waals surface area contributed by atoms with Crippen molar-refractivity contribution in [2.75, 3.05) is 0 Å². The second kappa shape index (κ2) is 9.40. The van der Waals surface area contributed by atoms with Crippen LogP contribution in [0.2, 0.25) is 0 Å². The fourth-order valence-corrected chi connectivity index (χ4v) is 3.76. The molecule has 6 aromatic rings. The van der Waals surface area contributed by atoms with Gasteiger partial charge in [0.05, 0.1) is 0 Å². The van der Waals surface area contributed by atoms with Gasteiger partial charge in [-0.05, 0) is 70.4 Å². The lowest BCUT2D eigenvalue weighted by atomic mass is 9.95. The third-order valence-electron chi connectivity index (χ3n) is 5.46. The van der Waals surface area contributed by atoms with Crippen LogP contribution in [0.3, 0.4) is 0 Å². The zero-order valence-corrected chi connectivity index (χ0v) is 18.3. The lowest BCUT2D eigenvalue weighted by Gasteiger charge is -2.09. The average Bonchev–Trinajstić information content (AvgIpc) is 2.82. The van der Waals surface area contributed by atoms with Crippen LogP contribution in [0.1, 0.15) is 11.1 Å². The highest BCUT2D eigenvalue weighted by Gasteiger charge is 2.05. The summed E-state index contributed by atoms with van der Waals surface area (Å²) in [5.74, 6) is 0.659. The van der Waals surface area contributed by atoms with Crippen LogP contribution in [0.15, 0.2) is 109 Å². The molecule has 0 atom stereocenters. The Kier molecular flexibility index (Phi) is 6.23. The first-order valence-corrected chi connectivity index (χ1v) is 10.6. The quantitative estimate of drug-likeness (QED) is 0.245. The molecule has 0 aliphatic rings. The van der Waals surface area contributed by atoms with Crippen LogP contribution in [0.25, 0.3) is 32.3 Å². The Hall–Kier alpha value is -4.04. The Bertz CT molecular complexity index is 1220. The second-order valence-electron chi connectivity index (χ2n) is 7.96. The van der Waals surface area contributed by atoms with Crippen molar-refractivity contribution in [2.24, 2.45) is 0 Å². The molecule has 0 radical (unpaired) electrons. The van der Waals surface area contributed by atoms with E-state index in [0.29, 0.717) is 11.5 Å². The first kappa shape index (κ1) is 21.2. The van der Waals surface area contributed by atoms with Crippen molar-refractivity contribution < 1.29 is 10.2 Å². The van der Waals surface area contributed by atoms with Gasteiger partial charge in [-0.25, -0.2) is 0 Å². The van der Waals surface area contributed by atoms with E-state index in [4.69, 9.17) is 10.2 Å². The van der Waals surface area contributed by atoms with Crippen LogP contribution in [0, 0.1) is 13.8 Å². The lowest BCUT2D eigenvalue weighted by molar-refractivity contribution is 0.474. The van der Waals surface area contributed by atoms with E-state index in [2.05, 4.69) is 60.7 Å². The van der Waals surface area contributed by atoms with Gasteiger partial charge in [0.2, 0.25) is 0 Å². The van der Waals surface area contributed by atoms with Gasteiger partial charge in [-0.3, -0.25) is 0 Å². The first-order chi connectivity index (χ1) is 15.5. The fourth-order valence-electron chi connectivity index (χ4n) is 3.76. The number of benzene rings is 6. The number of hydrogen-bond acceptors (Lipinski definition) is 2. The van der Waals surface area contributed by atoms with E-state index in [1.807, 2.05) is 38.1 Å². The summed E-state index contributed by atoms with van der Waals surface area (Å²) >= 11 is 0. The van der Waals surface area contributed by atoms with Crippen LogP contribution >= 0.6 is 0 Å². The van der Waals surface area contributed by atoms with Crippen LogP contribution in [0.5, 0.6) is 11.5 Å². The molecule has 0 aliphatic heterocycles. The predicted molar refractivity (Wildman–Crippen MR) is 136 cm³/mol. The Balaban J connectivity index is 0.000000130. The van der Waals surface area contributed by atoms with E-state index in [-0.39, 0.29) is 0 Å². The van der Waals surface area contributed by atoms with Gasteiger partial charge in [-0.1, -0.05) is 96.1 Å². The Morgan fingerprint density at radius 2 is 0.656 bits per heavy atom. The third-order valence-corrected chi connectivity index (χ3v) is 5.46. The minimum absolute atomic E-state index is 0.329. The Morgan fingerprint density at radius 1 is 0.375 bits per heavy atom. The van der Waals surface area contributed by atoms with Crippen molar-refractivity contribution in [1.29, 1.82) is 0 Å². The summed E-state index contributed by atoms with van der Waals surface area (Å²) < 4.78 is 0. The topological polar surface area (TPSA) is 40.5 Å². The maximum absolute atomic E-state index is 8.76. The largest absolute Gasteiger partial charge is 0.508 e. The van der Waals surface area contributed by atoms with Gasteiger partial charge >= 0.3 is 0 Å². The van der Waals surface area contributed by atoms with Crippen LogP contribution < -0.4 is 0 Å². The van der Waals surface area contributed by atoms with E-state index in [1.165, 1.54) is 43.4 Å². The predicted octanol–water partition coefficient (Wildman–Crippen LogP) is 7.99. The maximum Gasteiger partial charge on any atom is 0.115 e. The van der Waals surface area contributed by atoms with Crippen molar-refractivity contribution in [1.82, 2.24) is 0 Å². The molecule has 0 spiro atoms. The highest BCUT2D eigenvalue weighted by molar-refractivity contribution is 6.22. The van der Waals surface area contributed by atoms with Gasteiger partial charge < -0.3 is 10.2 Å². The first-order valence-electron chi connectivity index (χ1n) is 10.6. The van der Waals surface area contributed by atoms with Crippen molar-refractivity contribution in [2.45, 2.75) is 13.8 Å². The van der Waals surface area contributed by atoms with Crippen LogP contribution in [-0.4, -0.2) is 10.2 Å². The standard InChI is InChI=1S/C16H10.2C7H8O/c1-3-11-7-9-13-5-2-6-14-10-8-12(4-1)15(11)16(13)14;2*1-6-2-4-7(8)5-3-6/h1-10H;2*2-5,8H,1H3. The van der Waals surface area contributed by atoms with Gasteiger partial charge in [0.1, 0.15) is 11.5 Å². The van der Waals surface area contributed by atoms with E-state index in [9.17, 15) is 0 Å². The SMILES string of the molecule is Cc1ccc(O)cc1.Cc1ccc(O)cc1.c1cc2ccc3cccc4ccc(c1)c2c34. The summed E-state index contributed by atoms with van der Waals surface area (Å²) in [5, 5.41) is 25.7. The van der Waals surface area contributed by atoms with Gasteiger partial charge in [0.15, 0.2) is 0 Å². The van der Waals surface area contributed by atoms with Crippen LogP contribution in [-0.2, 0) is 0 Å². The summed E-state index contributed by atoms with van der Waals surface area (Å²) in [7, 11) is 0. The third kappa shape index (κ3) is 4.81. The van der Waals surface area contributed by atoms with E-state index >= 15 is 0 Å². The molecule has 0 saturated carbocycles. The van der Waals surface area contributed by atoms with Crippen molar-refractivity contribution in [3.63, 3.8) is 0 Å². The molecule has 0 heterocycles. The zero-order valence-electron chi connectivity index (χ0n) is 18.3. The number of hydrogen-bond donors (Lipinski definition) is 2. The number of phenols is 2. The van der Waals surface area contributed by atoms with Crippen molar-refractivity contribution >= 4 is 32.3 Å². The molecule has 2 nitrogen and oxygen atoms in total. The van der Waals surface area contributed by atoms with Gasteiger partial charge in [0.25, 0.3) is 0 Å². The summed E-state index contributed by atoms with van der Waals surface area (Å²) in [5.41, 5.74) is 2.34. The van der Waals surface area contributed by atoms with Crippen molar-refractivity contribution in [3.05, 3.63) is 120 Å². The summed E-state index contributed by atoms with van der Waals surface area (Å²) in [4.78, 5) is 0. The molecular formula is C30H26O2. The number of rotatable bonds is 0. The van der Waals surface area contributed by atoms with E-state index < -0.39 is 0 Å². The summed E-state index contributed by atoms with van der Waals surface area (Å²) in [6.07, 6.45) is 0. The van der Waals surface area contributed by atoms with Gasteiger partial charge in [-0.2, -0.15) is 0 Å². The fraction of sp³-hybridized carbons (Fsp3) is 0.0667. The van der Waals surface area contributed by atoms with E-state index in [1.54, 1.807) is 24.3 Å². The van der Waals surface area contributed by atoms with Crippen molar-refractivity contribution in [3.8, 4) is 11.5 Å². The monoisotopic (exact) mass is 418 g/mol. The number of phenolic OH excluding ortho intramolecular Hbond substituents is 2. The molecule has 2 N–H and O–H groups in total. The molecule has 0 aromatic heterocycles. The van der Waals surface area contributed by atoms with Gasteiger partial charge in [0, 0.05) is 0 Å². The average molecular weight is 419 g/mol. The molecule has 0 fully saturated rings. The minimum atomic E-state index is 0.329. The summed E-state index contributed by atoms with van der Waals surface area (Å²) in [6, 6.07) is 36.0.